The molecule has 1 saturated heterocycles. The first-order valence-corrected chi connectivity index (χ1v) is 12.1. The normalized spacial score (nSPS) is 15.0. The van der Waals surface area contributed by atoms with Crippen LogP contribution in [0.4, 0.5) is 11.4 Å². The number of piperidine rings is 1. The highest BCUT2D eigenvalue weighted by molar-refractivity contribution is 7.90. The zero-order valence-electron chi connectivity index (χ0n) is 18.0. The van der Waals surface area contributed by atoms with Crippen molar-refractivity contribution < 1.29 is 22.8 Å². The molecule has 0 amide bonds. The van der Waals surface area contributed by atoms with Gasteiger partial charge in [-0.15, -0.1) is 0 Å². The van der Waals surface area contributed by atoms with E-state index in [1.54, 1.807) is 20.3 Å². The molecule has 31 heavy (non-hydrogen) atoms. The predicted molar refractivity (Wildman–Crippen MR) is 119 cm³/mol. The number of ether oxygens (including phenoxy) is 2. The monoisotopic (exact) mass is 448 g/mol. The lowest BCUT2D eigenvalue weighted by Crippen LogP contribution is -2.34. The molecule has 0 unspecified atom stereocenters. The lowest BCUT2D eigenvalue weighted by Gasteiger charge is -2.33. The van der Waals surface area contributed by atoms with E-state index in [9.17, 15) is 18.5 Å². The predicted octanol–water partition coefficient (Wildman–Crippen LogP) is 3.86. The summed E-state index contributed by atoms with van der Waals surface area (Å²) in [4.78, 5) is 13.0. The van der Waals surface area contributed by atoms with Crippen LogP contribution < -0.4 is 14.4 Å². The Hall–Kier alpha value is -2.81. The van der Waals surface area contributed by atoms with E-state index >= 15 is 0 Å². The molecular formula is C22H28N2O6S. The molecule has 0 aromatic heterocycles. The zero-order chi connectivity index (χ0) is 22.6. The van der Waals surface area contributed by atoms with Gasteiger partial charge in [0.25, 0.3) is 5.69 Å². The molecule has 0 atom stereocenters. The van der Waals surface area contributed by atoms with E-state index in [0.717, 1.165) is 55.1 Å². The number of aryl methyl sites for hydroxylation is 1. The number of nitrogens with zero attached hydrogens (tertiary/aromatic N) is 2. The van der Waals surface area contributed by atoms with Gasteiger partial charge in [0, 0.05) is 31.5 Å². The van der Waals surface area contributed by atoms with Crippen molar-refractivity contribution in [2.45, 2.75) is 30.6 Å². The minimum Gasteiger partial charge on any atom is -0.497 e. The maximum Gasteiger partial charge on any atom is 0.293 e. The Bertz CT molecular complexity index is 1020. The van der Waals surface area contributed by atoms with Gasteiger partial charge in [0.1, 0.15) is 17.2 Å². The van der Waals surface area contributed by atoms with Crippen LogP contribution in [0.15, 0.2) is 41.3 Å². The fourth-order valence-electron chi connectivity index (χ4n) is 3.99. The van der Waals surface area contributed by atoms with Gasteiger partial charge in [-0.25, -0.2) is 8.42 Å². The molecule has 1 aliphatic rings. The number of benzene rings is 2. The van der Waals surface area contributed by atoms with Crippen LogP contribution in [-0.4, -0.2) is 46.9 Å². The second kappa shape index (κ2) is 9.55. The Balaban J connectivity index is 1.64. The van der Waals surface area contributed by atoms with Gasteiger partial charge in [0.2, 0.25) is 0 Å². The number of rotatable bonds is 8. The molecule has 0 N–H and O–H groups in total. The van der Waals surface area contributed by atoms with Crippen molar-refractivity contribution in [1.29, 1.82) is 0 Å². The highest BCUT2D eigenvalue weighted by atomic mass is 32.2. The third-order valence-electron chi connectivity index (χ3n) is 5.78. The van der Waals surface area contributed by atoms with Crippen LogP contribution in [0.1, 0.15) is 24.8 Å². The number of hydrogen-bond donors (Lipinski definition) is 0. The van der Waals surface area contributed by atoms with Crippen LogP contribution in [0, 0.1) is 16.0 Å². The summed E-state index contributed by atoms with van der Waals surface area (Å²) < 4.78 is 34.2. The average molecular weight is 449 g/mol. The van der Waals surface area contributed by atoms with E-state index < -0.39 is 14.8 Å². The van der Waals surface area contributed by atoms with Gasteiger partial charge in [0.05, 0.1) is 24.0 Å². The quantitative estimate of drug-likeness (QED) is 0.446. The smallest absolute Gasteiger partial charge is 0.293 e. The first-order valence-electron chi connectivity index (χ1n) is 10.2. The van der Waals surface area contributed by atoms with Gasteiger partial charge in [-0.1, -0.05) is 0 Å². The fraction of sp³-hybridized carbons (Fsp3) is 0.455. The van der Waals surface area contributed by atoms with E-state index in [0.29, 0.717) is 24.7 Å². The molecule has 8 nitrogen and oxygen atoms in total. The molecule has 9 heteroatoms. The first-order chi connectivity index (χ1) is 14.7. The molecule has 0 saturated carbocycles. The molecule has 1 heterocycles. The molecule has 0 radical (unpaired) electrons. The van der Waals surface area contributed by atoms with E-state index in [1.165, 1.54) is 6.07 Å². The highest BCUT2D eigenvalue weighted by Crippen LogP contribution is 2.34. The summed E-state index contributed by atoms with van der Waals surface area (Å²) in [7, 11) is -0.230. The van der Waals surface area contributed by atoms with Crippen molar-refractivity contribution >= 4 is 21.2 Å². The summed E-state index contributed by atoms with van der Waals surface area (Å²) in [6.45, 7) is 1.40. The molecule has 1 aliphatic heterocycles. The number of nitro groups is 1. The number of hydrogen-bond acceptors (Lipinski definition) is 7. The van der Waals surface area contributed by atoms with E-state index in [1.807, 2.05) is 23.1 Å². The summed E-state index contributed by atoms with van der Waals surface area (Å²) in [5, 5.41) is 11.5. The molecular weight excluding hydrogens is 420 g/mol. The molecule has 0 bridgehead atoms. The summed E-state index contributed by atoms with van der Waals surface area (Å²) in [6.07, 6.45) is 4.81. The molecule has 168 valence electrons. The summed E-state index contributed by atoms with van der Waals surface area (Å²) in [5.74, 6) is 2.06. The maximum atomic E-state index is 11.8. The highest BCUT2D eigenvalue weighted by Gasteiger charge is 2.26. The lowest BCUT2D eigenvalue weighted by molar-refractivity contribution is -0.384. The molecule has 2 aromatic rings. The first kappa shape index (κ1) is 22.9. The maximum absolute atomic E-state index is 11.8. The van der Waals surface area contributed by atoms with Crippen LogP contribution in [0.5, 0.6) is 11.5 Å². The van der Waals surface area contributed by atoms with Crippen LogP contribution in [0.25, 0.3) is 0 Å². The van der Waals surface area contributed by atoms with Gasteiger partial charge in [0.15, 0.2) is 9.84 Å². The third kappa shape index (κ3) is 5.66. The summed E-state index contributed by atoms with van der Waals surface area (Å²) in [6, 6.07) is 10.0. The second-order valence-corrected chi connectivity index (χ2v) is 9.89. The fourth-order valence-corrected chi connectivity index (χ4v) is 4.63. The molecule has 0 aliphatic carbocycles. The topological polar surface area (TPSA) is 99.0 Å². The Morgan fingerprint density at radius 3 is 2.19 bits per heavy atom. The van der Waals surface area contributed by atoms with Crippen molar-refractivity contribution in [2.75, 3.05) is 38.5 Å². The molecule has 2 aromatic carbocycles. The summed E-state index contributed by atoms with van der Waals surface area (Å²) >= 11 is 0. The lowest BCUT2D eigenvalue weighted by atomic mass is 9.90. The molecule has 0 spiro atoms. The van der Waals surface area contributed by atoms with Crippen molar-refractivity contribution in [3.05, 3.63) is 52.1 Å². The minimum atomic E-state index is -3.50. The number of sulfone groups is 1. The SMILES string of the molecule is COc1cc(CCC2CCN(c3ccc(S(C)(=O)=O)cc3[N+](=O)[O-])CC2)cc(OC)c1. The van der Waals surface area contributed by atoms with Crippen molar-refractivity contribution in [3.63, 3.8) is 0 Å². The van der Waals surface area contributed by atoms with Crippen molar-refractivity contribution in [3.8, 4) is 11.5 Å². The summed E-state index contributed by atoms with van der Waals surface area (Å²) in [5.41, 5.74) is 1.48. The largest absolute Gasteiger partial charge is 0.497 e. The van der Waals surface area contributed by atoms with Gasteiger partial charge < -0.3 is 14.4 Å². The van der Waals surface area contributed by atoms with Crippen LogP contribution in [0.2, 0.25) is 0 Å². The van der Waals surface area contributed by atoms with E-state index in [-0.39, 0.29) is 10.6 Å². The van der Waals surface area contributed by atoms with E-state index in [2.05, 4.69) is 0 Å². The minimum absolute atomic E-state index is 0.0356. The van der Waals surface area contributed by atoms with Gasteiger partial charge in [-0.05, 0) is 61.4 Å². The zero-order valence-corrected chi connectivity index (χ0v) is 18.9. The average Bonchev–Trinajstić information content (AvgIpc) is 2.76. The second-order valence-electron chi connectivity index (χ2n) is 7.87. The number of nitro benzene ring substituents is 1. The van der Waals surface area contributed by atoms with Crippen LogP contribution in [-0.2, 0) is 16.3 Å². The third-order valence-corrected chi connectivity index (χ3v) is 6.89. The number of anilines is 1. The Morgan fingerprint density at radius 1 is 1.06 bits per heavy atom. The Labute approximate surface area is 182 Å². The van der Waals surface area contributed by atoms with Crippen molar-refractivity contribution in [1.82, 2.24) is 0 Å². The van der Waals surface area contributed by atoms with Gasteiger partial charge >= 0.3 is 0 Å². The van der Waals surface area contributed by atoms with E-state index in [4.69, 9.17) is 9.47 Å². The standard InChI is InChI=1S/C22H28N2O6S/c1-29-18-12-17(13-19(14-18)30-2)5-4-16-8-10-23(11-9-16)21-7-6-20(31(3,27)28)15-22(21)24(25)26/h6-7,12-16H,4-5,8-11H2,1-3H3. The molecule has 3 rings (SSSR count). The van der Waals surface area contributed by atoms with Gasteiger partial charge in [-0.3, -0.25) is 10.1 Å². The van der Waals surface area contributed by atoms with Crippen LogP contribution >= 0.6 is 0 Å². The Kier molecular flexibility index (Phi) is 7.04. The van der Waals surface area contributed by atoms with Gasteiger partial charge in [-0.2, -0.15) is 0 Å². The Morgan fingerprint density at radius 2 is 1.68 bits per heavy atom. The number of methoxy groups -OCH3 is 2. The van der Waals surface area contributed by atoms with Crippen molar-refractivity contribution in [2.24, 2.45) is 5.92 Å². The van der Waals surface area contributed by atoms with Crippen LogP contribution in [0.3, 0.4) is 0 Å². The molecule has 1 fully saturated rings.